The zero-order valence-electron chi connectivity index (χ0n) is 20.7. The van der Waals surface area contributed by atoms with Crippen molar-refractivity contribution in [1.82, 2.24) is 39.8 Å². The number of likely N-dealkylation sites (N-methyl/N-ethyl adjacent to an activating group) is 1. The number of rotatable bonds is 7. The Morgan fingerprint density at radius 1 is 1.03 bits per heavy atom. The molecule has 0 aliphatic heterocycles. The fourth-order valence-electron chi connectivity index (χ4n) is 4.39. The van der Waals surface area contributed by atoms with Crippen LogP contribution >= 0.6 is 0 Å². The van der Waals surface area contributed by atoms with Crippen LogP contribution in [0.2, 0.25) is 0 Å². The van der Waals surface area contributed by atoms with Gasteiger partial charge in [-0.2, -0.15) is 10.2 Å². The summed E-state index contributed by atoms with van der Waals surface area (Å²) in [5, 5.41) is 13.6. The molecule has 6 aromatic rings. The Hall–Kier alpha value is -4.57. The van der Waals surface area contributed by atoms with E-state index in [0.29, 0.717) is 23.6 Å². The van der Waals surface area contributed by atoms with E-state index in [9.17, 15) is 4.39 Å². The minimum atomic E-state index is -0.355. The molecule has 5 heterocycles. The van der Waals surface area contributed by atoms with Crippen LogP contribution in [0.15, 0.2) is 61.2 Å². The Kier molecular flexibility index (Phi) is 5.65. The lowest BCUT2D eigenvalue weighted by molar-refractivity contribution is 0.260. The molecule has 2 N–H and O–H groups in total. The molecule has 37 heavy (non-hydrogen) atoms. The van der Waals surface area contributed by atoms with Crippen LogP contribution < -0.4 is 4.74 Å². The van der Waals surface area contributed by atoms with Crippen LogP contribution in [0.1, 0.15) is 0 Å². The number of aryl methyl sites for hydroxylation is 1. The minimum Gasteiger partial charge on any atom is -0.492 e. The molecule has 0 saturated heterocycles. The van der Waals surface area contributed by atoms with E-state index in [0.717, 1.165) is 51.0 Å². The van der Waals surface area contributed by atoms with Crippen LogP contribution in [0.25, 0.3) is 55.7 Å². The average molecular weight is 497 g/mol. The van der Waals surface area contributed by atoms with Gasteiger partial charge in [0.15, 0.2) is 0 Å². The summed E-state index contributed by atoms with van der Waals surface area (Å²) >= 11 is 0. The van der Waals surface area contributed by atoms with Crippen LogP contribution in [-0.2, 0) is 7.05 Å². The highest BCUT2D eigenvalue weighted by molar-refractivity contribution is 6.00. The van der Waals surface area contributed by atoms with Crippen molar-refractivity contribution in [3.8, 4) is 39.5 Å². The predicted molar refractivity (Wildman–Crippen MR) is 141 cm³/mol. The quantitative estimate of drug-likeness (QED) is 0.334. The van der Waals surface area contributed by atoms with Crippen molar-refractivity contribution in [2.45, 2.75) is 0 Å². The van der Waals surface area contributed by atoms with Gasteiger partial charge in [-0.3, -0.25) is 14.8 Å². The molecule has 0 saturated carbocycles. The maximum atomic E-state index is 14.5. The first-order valence-corrected chi connectivity index (χ1v) is 11.8. The zero-order chi connectivity index (χ0) is 25.5. The number of ether oxygens (including phenoxy) is 1. The molecule has 0 amide bonds. The average Bonchev–Trinajstić information content (AvgIpc) is 3.60. The van der Waals surface area contributed by atoms with E-state index in [2.05, 4.69) is 30.2 Å². The van der Waals surface area contributed by atoms with Gasteiger partial charge in [0.25, 0.3) is 0 Å². The second kappa shape index (κ2) is 9.14. The fraction of sp³-hybridized carbons (Fsp3) is 0.185. The first-order valence-electron chi connectivity index (χ1n) is 11.8. The maximum absolute atomic E-state index is 14.5. The van der Waals surface area contributed by atoms with Gasteiger partial charge >= 0.3 is 0 Å². The van der Waals surface area contributed by atoms with Gasteiger partial charge in [-0.1, -0.05) is 0 Å². The lowest BCUT2D eigenvalue weighted by Crippen LogP contribution is -2.19. The topological polar surface area (TPSA) is 101 Å². The molecule has 10 heteroatoms. The van der Waals surface area contributed by atoms with Crippen molar-refractivity contribution in [3.05, 3.63) is 67.0 Å². The molecule has 0 atom stereocenters. The van der Waals surface area contributed by atoms with E-state index in [1.165, 1.54) is 12.1 Å². The van der Waals surface area contributed by atoms with Crippen molar-refractivity contribution < 1.29 is 9.13 Å². The largest absolute Gasteiger partial charge is 0.492 e. The molecular weight excluding hydrogens is 471 g/mol. The maximum Gasteiger partial charge on any atom is 0.138 e. The van der Waals surface area contributed by atoms with Crippen molar-refractivity contribution in [1.29, 1.82) is 0 Å². The number of H-pyrrole nitrogens is 2. The highest BCUT2D eigenvalue weighted by atomic mass is 19.1. The second-order valence-electron chi connectivity index (χ2n) is 9.22. The van der Waals surface area contributed by atoms with Crippen molar-refractivity contribution in [2.75, 3.05) is 27.2 Å². The summed E-state index contributed by atoms with van der Waals surface area (Å²) in [6, 6.07) is 10.6. The smallest absolute Gasteiger partial charge is 0.138 e. The summed E-state index contributed by atoms with van der Waals surface area (Å²) in [7, 11) is 5.81. The van der Waals surface area contributed by atoms with Crippen LogP contribution in [0.3, 0.4) is 0 Å². The van der Waals surface area contributed by atoms with Gasteiger partial charge in [-0.25, -0.2) is 9.37 Å². The molecule has 1 aromatic carbocycles. The molecule has 9 nitrogen and oxygen atoms in total. The highest BCUT2D eigenvalue weighted by Gasteiger charge is 2.16. The van der Waals surface area contributed by atoms with Gasteiger partial charge in [0.2, 0.25) is 0 Å². The number of benzene rings is 1. The van der Waals surface area contributed by atoms with Crippen LogP contribution in [0, 0.1) is 5.82 Å². The number of hydrogen-bond donors (Lipinski definition) is 2. The summed E-state index contributed by atoms with van der Waals surface area (Å²) in [6.45, 7) is 1.21. The van der Waals surface area contributed by atoms with Crippen molar-refractivity contribution in [3.63, 3.8) is 0 Å². The normalized spacial score (nSPS) is 11.7. The molecule has 0 radical (unpaired) electrons. The highest BCUT2D eigenvalue weighted by Crippen LogP contribution is 2.35. The first kappa shape index (κ1) is 22.9. The van der Waals surface area contributed by atoms with E-state index in [1.54, 1.807) is 23.3 Å². The number of fused-ring (bicyclic) bond motifs is 2. The van der Waals surface area contributed by atoms with Gasteiger partial charge in [0.05, 0.1) is 29.3 Å². The number of pyridine rings is 2. The minimum absolute atomic E-state index is 0.355. The van der Waals surface area contributed by atoms with E-state index in [4.69, 9.17) is 4.74 Å². The van der Waals surface area contributed by atoms with E-state index < -0.39 is 0 Å². The number of aromatic amines is 2. The van der Waals surface area contributed by atoms with E-state index in [-0.39, 0.29) is 5.82 Å². The number of hydrogen-bond acceptors (Lipinski definition) is 6. The number of nitrogens with zero attached hydrogens (tertiary/aromatic N) is 6. The second-order valence-corrected chi connectivity index (χ2v) is 9.22. The van der Waals surface area contributed by atoms with Gasteiger partial charge in [0, 0.05) is 48.4 Å². The SMILES string of the molecule is CN(C)CCOc1cc(F)cc(-c2ccnc3[nH]c(-c4n[nH]c5cnc(-c6cnn(C)c6)cc45)cc23)c1. The van der Waals surface area contributed by atoms with Crippen LogP contribution in [-0.4, -0.2) is 67.1 Å². The molecule has 0 aliphatic carbocycles. The molecule has 186 valence electrons. The lowest BCUT2D eigenvalue weighted by Gasteiger charge is -2.12. The molecule has 0 aliphatic rings. The van der Waals surface area contributed by atoms with Gasteiger partial charge in [0.1, 0.15) is 29.5 Å². The summed E-state index contributed by atoms with van der Waals surface area (Å²) in [6.07, 6.45) is 7.18. The molecule has 0 spiro atoms. The molecule has 5 aromatic heterocycles. The number of nitrogens with one attached hydrogen (secondary N) is 2. The Morgan fingerprint density at radius 3 is 2.73 bits per heavy atom. The van der Waals surface area contributed by atoms with E-state index >= 15 is 0 Å². The number of halogens is 1. The Labute approximate surface area is 211 Å². The third-order valence-corrected chi connectivity index (χ3v) is 6.22. The van der Waals surface area contributed by atoms with E-state index in [1.807, 2.05) is 56.5 Å². The third kappa shape index (κ3) is 4.43. The molecule has 0 bridgehead atoms. The monoisotopic (exact) mass is 496 g/mol. The lowest BCUT2D eigenvalue weighted by atomic mass is 10.0. The fourth-order valence-corrected chi connectivity index (χ4v) is 4.39. The summed E-state index contributed by atoms with van der Waals surface area (Å²) in [5.74, 6) is 0.137. The number of aromatic nitrogens is 7. The molecule has 0 fully saturated rings. The Bertz CT molecular complexity index is 1730. The summed E-state index contributed by atoms with van der Waals surface area (Å²) in [4.78, 5) is 14.5. The van der Waals surface area contributed by atoms with Crippen LogP contribution in [0.4, 0.5) is 4.39 Å². The predicted octanol–water partition coefficient (Wildman–Crippen LogP) is 4.65. The van der Waals surface area contributed by atoms with Gasteiger partial charge in [-0.05, 0) is 55.6 Å². The van der Waals surface area contributed by atoms with Gasteiger partial charge in [-0.15, -0.1) is 0 Å². The van der Waals surface area contributed by atoms with Crippen molar-refractivity contribution in [2.24, 2.45) is 7.05 Å². The Morgan fingerprint density at radius 2 is 1.92 bits per heavy atom. The molecule has 6 rings (SSSR count). The third-order valence-electron chi connectivity index (χ3n) is 6.22. The standard InChI is InChI=1S/C27H25FN8O/c1-35(2)6-7-37-19-9-16(8-18(28)10-19)20-4-5-29-27-21(20)11-24(32-27)26-22-12-23(17-13-31-36(3)15-17)30-14-25(22)33-34-26/h4-5,8-15H,6-7H2,1-3H3,(H,29,32)(H,33,34). The summed E-state index contributed by atoms with van der Waals surface area (Å²) in [5.41, 5.74) is 6.34. The molecule has 0 unspecified atom stereocenters. The Balaban J connectivity index is 1.40. The summed E-state index contributed by atoms with van der Waals surface area (Å²) < 4.78 is 22.1. The first-order chi connectivity index (χ1) is 17.9. The van der Waals surface area contributed by atoms with Crippen LogP contribution in [0.5, 0.6) is 5.75 Å². The van der Waals surface area contributed by atoms with Gasteiger partial charge < -0.3 is 14.6 Å². The van der Waals surface area contributed by atoms with Crippen molar-refractivity contribution >= 4 is 21.9 Å². The molecular formula is C27H25FN8O. The zero-order valence-corrected chi connectivity index (χ0v) is 20.7.